The van der Waals surface area contributed by atoms with E-state index in [9.17, 15) is 19.8 Å². The minimum absolute atomic E-state index is 0. The van der Waals surface area contributed by atoms with Gasteiger partial charge in [-0.15, -0.1) is 17.0 Å². The van der Waals surface area contributed by atoms with Gasteiger partial charge in [0.2, 0.25) is 0 Å². The molecule has 0 unspecified atom stereocenters. The Morgan fingerprint density at radius 3 is 1.05 bits per heavy atom. The van der Waals surface area contributed by atoms with Crippen molar-refractivity contribution in [2.45, 2.75) is 0 Å². The average Bonchev–Trinajstić information content (AvgIpc) is 2.41. The van der Waals surface area contributed by atoms with Crippen molar-refractivity contribution in [1.29, 1.82) is 0 Å². The van der Waals surface area contributed by atoms with Gasteiger partial charge in [-0.05, 0) is 11.1 Å². The maximum Gasteiger partial charge on any atom is 2.00 e. The normalized spacial score (nSPS) is 7.62. The minimum atomic E-state index is -1.13. The van der Waals surface area contributed by atoms with Crippen LogP contribution in [0.2, 0.25) is 0 Å². The van der Waals surface area contributed by atoms with Crippen molar-refractivity contribution in [1.82, 2.24) is 0 Å². The summed E-state index contributed by atoms with van der Waals surface area (Å²) < 4.78 is 0. The van der Waals surface area contributed by atoms with E-state index in [-0.39, 0.29) is 62.0 Å². The van der Waals surface area contributed by atoms with Crippen molar-refractivity contribution in [3.05, 3.63) is 71.8 Å². The Labute approximate surface area is 154 Å². The van der Waals surface area contributed by atoms with Crippen LogP contribution in [-0.4, -0.2) is 11.9 Å². The maximum atomic E-state index is 10.1. The van der Waals surface area contributed by atoms with Crippen LogP contribution in [-0.2, 0) is 33.8 Å². The Bertz CT molecular complexity index is 474. The Hall–Kier alpha value is -1.11. The topological polar surface area (TPSA) is 80.3 Å². The summed E-state index contributed by atoms with van der Waals surface area (Å²) in [6, 6.07) is 16.1. The van der Waals surface area contributed by atoms with Crippen LogP contribution in [0, 0.1) is 0 Å². The van der Waals surface area contributed by atoms with Crippen molar-refractivity contribution in [3.63, 3.8) is 0 Å². The van der Waals surface area contributed by atoms with Crippen LogP contribution in [0.5, 0.6) is 0 Å². The van der Waals surface area contributed by atoms with Gasteiger partial charge in [-0.1, -0.05) is 60.7 Å². The molecule has 0 saturated heterocycles. The number of hydrogen-bond donors (Lipinski definition) is 0. The van der Waals surface area contributed by atoms with Gasteiger partial charge in [0.05, 0.1) is 11.9 Å². The van der Waals surface area contributed by atoms with Gasteiger partial charge in [-0.25, -0.2) is 0 Å². The van der Waals surface area contributed by atoms with E-state index in [1.807, 2.05) is 0 Å². The van der Waals surface area contributed by atoms with Crippen LogP contribution in [0.15, 0.2) is 60.7 Å². The third-order valence-corrected chi connectivity index (χ3v) is 2.02. The Morgan fingerprint density at radius 2 is 0.905 bits per heavy atom. The largest absolute Gasteiger partial charge is 2.00 e. The van der Waals surface area contributed by atoms with Crippen LogP contribution in [0.3, 0.4) is 0 Å². The second-order valence-corrected chi connectivity index (χ2v) is 3.31. The van der Waals surface area contributed by atoms with Gasteiger partial charge >= 0.3 is 33.8 Å². The van der Waals surface area contributed by atoms with E-state index in [0.717, 1.165) is 0 Å². The molecule has 2 rings (SSSR count). The van der Waals surface area contributed by atoms with E-state index < -0.39 is 11.9 Å². The number of aromatic carboxylic acids is 2. The van der Waals surface area contributed by atoms with Crippen molar-refractivity contribution >= 4 is 28.9 Å². The molecule has 0 amide bonds. The molecule has 0 spiro atoms. The predicted octanol–water partition coefficient (Wildman–Crippen LogP) is 0.673. The molecule has 2 aromatic carbocycles. The monoisotopic (exact) mass is 436 g/mol. The number of carboxylic acids is 2. The first kappa shape index (κ1) is 24.9. The zero-order valence-electron chi connectivity index (χ0n) is 10.5. The number of carboxylic acid groups (broad SMARTS) is 2. The van der Waals surface area contributed by atoms with Crippen molar-refractivity contribution in [2.75, 3.05) is 0 Å². The second-order valence-electron chi connectivity index (χ2n) is 3.31. The van der Waals surface area contributed by atoms with E-state index in [2.05, 4.69) is 0 Å². The third kappa shape index (κ3) is 10.3. The number of rotatable bonds is 2. The summed E-state index contributed by atoms with van der Waals surface area (Å²) in [5.74, 6) is -2.26. The molecule has 0 atom stereocenters. The molecule has 21 heavy (non-hydrogen) atoms. The van der Waals surface area contributed by atoms with E-state index in [1.165, 1.54) is 24.3 Å². The third-order valence-electron chi connectivity index (χ3n) is 2.02. The molecule has 0 saturated carbocycles. The molecule has 0 bridgehead atoms. The summed E-state index contributed by atoms with van der Waals surface area (Å²) in [7, 11) is 0. The van der Waals surface area contributed by atoms with E-state index >= 15 is 0 Å². The van der Waals surface area contributed by atoms with Crippen LogP contribution in [0.25, 0.3) is 0 Å². The molecule has 0 aliphatic carbocycles. The minimum Gasteiger partial charge on any atom is -0.545 e. The second kappa shape index (κ2) is 13.9. The van der Waals surface area contributed by atoms with Gasteiger partial charge in [0.15, 0.2) is 0 Å². The SMILES string of the molecule is Br.O=C([O-])c1ccccc1.O=C([O-])c1ccccc1.[Co+2].[Mn+2]. The quantitative estimate of drug-likeness (QED) is 0.648. The summed E-state index contributed by atoms with van der Waals surface area (Å²) in [6.07, 6.45) is 0. The number of carbonyl (C=O) groups is 2. The molecule has 112 valence electrons. The van der Waals surface area contributed by atoms with E-state index in [1.54, 1.807) is 36.4 Å². The van der Waals surface area contributed by atoms with Crippen LogP contribution < -0.4 is 10.2 Å². The Morgan fingerprint density at radius 1 is 0.667 bits per heavy atom. The fourth-order valence-electron chi connectivity index (χ4n) is 1.15. The average molecular weight is 437 g/mol. The zero-order chi connectivity index (χ0) is 13.4. The number of halogens is 1. The number of benzene rings is 2. The fraction of sp³-hybridized carbons (Fsp3) is 0. The summed E-state index contributed by atoms with van der Waals surface area (Å²) in [5, 5.41) is 20.2. The van der Waals surface area contributed by atoms with Gasteiger partial charge in [-0.2, -0.15) is 0 Å². The van der Waals surface area contributed by atoms with Gasteiger partial charge in [0.25, 0.3) is 0 Å². The smallest absolute Gasteiger partial charge is 0.545 e. The van der Waals surface area contributed by atoms with E-state index in [0.29, 0.717) is 0 Å². The molecule has 2 aromatic rings. The first-order chi connectivity index (χ1) is 8.61. The molecular formula is C14H11BrCoMnO4+2. The summed E-state index contributed by atoms with van der Waals surface area (Å²) >= 11 is 0. The first-order valence-corrected chi connectivity index (χ1v) is 5.14. The molecule has 0 aliphatic rings. The fourth-order valence-corrected chi connectivity index (χ4v) is 1.15. The number of hydrogen-bond acceptors (Lipinski definition) is 4. The molecule has 7 heteroatoms. The molecular weight excluding hydrogens is 426 g/mol. The van der Waals surface area contributed by atoms with Crippen LogP contribution in [0.4, 0.5) is 0 Å². The van der Waals surface area contributed by atoms with Crippen molar-refractivity contribution < 1.29 is 53.6 Å². The molecule has 0 aromatic heterocycles. The van der Waals surface area contributed by atoms with E-state index in [4.69, 9.17) is 0 Å². The van der Waals surface area contributed by atoms with Gasteiger partial charge in [-0.3, -0.25) is 0 Å². The molecule has 0 fully saturated rings. The standard InChI is InChI=1S/2C7H6O2.BrH.Co.Mn/c2*8-7(9)6-4-2-1-3-5-6;;;/h2*1-5H,(H,8,9);1H;;/q;;;2*+2/p-2. The molecule has 4 nitrogen and oxygen atoms in total. The van der Waals surface area contributed by atoms with Crippen LogP contribution >= 0.6 is 17.0 Å². The van der Waals surface area contributed by atoms with Gasteiger partial charge in [0.1, 0.15) is 0 Å². The predicted molar refractivity (Wildman–Crippen MR) is 71.9 cm³/mol. The Balaban J connectivity index is -0.000000270. The molecule has 0 aliphatic heterocycles. The van der Waals surface area contributed by atoms with Gasteiger partial charge in [0, 0.05) is 0 Å². The summed E-state index contributed by atoms with van der Waals surface area (Å²) in [6.45, 7) is 0. The Kier molecular flexibility index (Phi) is 16.4. The van der Waals surface area contributed by atoms with Crippen molar-refractivity contribution in [3.8, 4) is 0 Å². The van der Waals surface area contributed by atoms with Crippen LogP contribution in [0.1, 0.15) is 20.7 Å². The molecule has 0 heterocycles. The first-order valence-electron chi connectivity index (χ1n) is 5.14. The number of carbonyl (C=O) groups excluding carboxylic acids is 2. The summed E-state index contributed by atoms with van der Waals surface area (Å²) in [5.41, 5.74) is 0.440. The van der Waals surface area contributed by atoms with Gasteiger partial charge < -0.3 is 19.8 Å². The summed E-state index contributed by atoms with van der Waals surface area (Å²) in [4.78, 5) is 20.2. The molecule has 0 N–H and O–H groups in total. The maximum absolute atomic E-state index is 10.1. The zero-order valence-corrected chi connectivity index (χ0v) is 14.5. The molecule has 2 radical (unpaired) electrons. The van der Waals surface area contributed by atoms with Crippen molar-refractivity contribution in [2.24, 2.45) is 0 Å².